The summed E-state index contributed by atoms with van der Waals surface area (Å²) < 4.78 is 15.5. The largest absolute Gasteiger partial charge is 0.463 e. The number of hydrogen-bond acceptors (Lipinski definition) is 7. The second-order valence-electron chi connectivity index (χ2n) is 9.13. The van der Waals surface area contributed by atoms with Crippen LogP contribution in [0.4, 0.5) is 0 Å². The van der Waals surface area contributed by atoms with Gasteiger partial charge >= 0.3 is 5.97 Å². The lowest BCUT2D eigenvalue weighted by Crippen LogP contribution is -2.59. The summed E-state index contributed by atoms with van der Waals surface area (Å²) in [6.07, 6.45) is 13.3. The fourth-order valence-corrected chi connectivity index (χ4v) is 4.14. The molecule has 7 heteroatoms. The molecule has 0 amide bonds. The van der Waals surface area contributed by atoms with Crippen molar-refractivity contribution < 1.29 is 34.3 Å². The van der Waals surface area contributed by atoms with Gasteiger partial charge in [0.15, 0.2) is 6.29 Å². The van der Waals surface area contributed by atoms with Crippen molar-refractivity contribution in [2.24, 2.45) is 0 Å². The van der Waals surface area contributed by atoms with Gasteiger partial charge in [-0.2, -0.15) is 0 Å². The van der Waals surface area contributed by atoms with Crippen LogP contribution in [0.1, 0.15) is 110 Å². The summed E-state index contributed by atoms with van der Waals surface area (Å²) in [5, 5.41) is 29.5. The molecule has 1 heterocycles. The highest BCUT2D eigenvalue weighted by molar-refractivity contribution is 5.69. The molecule has 0 aromatic carbocycles. The number of hydrogen-bond donors (Lipinski definition) is 3. The van der Waals surface area contributed by atoms with Gasteiger partial charge in [-0.3, -0.25) is 4.79 Å². The van der Waals surface area contributed by atoms with Crippen molar-refractivity contribution in [3.8, 4) is 0 Å². The van der Waals surface area contributed by atoms with Gasteiger partial charge in [-0.25, -0.2) is 0 Å². The Bertz CT molecular complexity index is 458. The summed E-state index contributed by atoms with van der Waals surface area (Å²) in [6, 6.07) is 0. The Morgan fingerprint density at radius 3 is 1.66 bits per heavy atom. The summed E-state index contributed by atoms with van der Waals surface area (Å²) in [4.78, 5) is 11.9. The Balaban J connectivity index is 1.92. The maximum Gasteiger partial charge on any atom is 0.305 e. The van der Waals surface area contributed by atoms with Crippen LogP contribution in [-0.4, -0.2) is 65.7 Å². The van der Waals surface area contributed by atoms with Crippen LogP contribution in [0.2, 0.25) is 0 Å². The van der Waals surface area contributed by atoms with Gasteiger partial charge in [-0.1, -0.05) is 96.8 Å². The molecule has 32 heavy (non-hydrogen) atoms. The van der Waals surface area contributed by atoms with Crippen molar-refractivity contribution in [3.05, 3.63) is 0 Å². The van der Waals surface area contributed by atoms with E-state index in [0.29, 0.717) is 6.42 Å². The fraction of sp³-hybridized carbons (Fsp3) is 0.960. The third-order valence-electron chi connectivity index (χ3n) is 6.29. The van der Waals surface area contributed by atoms with Crippen LogP contribution in [0.5, 0.6) is 0 Å². The number of rotatable bonds is 19. The van der Waals surface area contributed by atoms with Crippen LogP contribution >= 0.6 is 0 Å². The van der Waals surface area contributed by atoms with Crippen LogP contribution in [0, 0.1) is 0 Å². The fourth-order valence-electron chi connectivity index (χ4n) is 4.14. The number of ether oxygens (including phenoxy) is 3. The average Bonchev–Trinajstić information content (AvgIpc) is 2.79. The smallest absolute Gasteiger partial charge is 0.305 e. The predicted molar refractivity (Wildman–Crippen MR) is 124 cm³/mol. The standard InChI is InChI=1S/C25H48O7/c1-3-4-5-6-7-8-9-10-11-12-13-14-15-16-17-18-21(26)31-19-20-22(27)23(28)24(29)25(30-2)32-20/h20,22-25,27-29H,3-19H2,1-2H3/t20?,22-,23+,24?,25?/m1/s1. The molecule has 1 aliphatic heterocycles. The van der Waals surface area contributed by atoms with E-state index in [1.165, 1.54) is 84.2 Å². The second kappa shape index (κ2) is 18.7. The van der Waals surface area contributed by atoms with E-state index in [1.54, 1.807) is 0 Å². The molecule has 1 saturated heterocycles. The van der Waals surface area contributed by atoms with Gasteiger partial charge in [-0.15, -0.1) is 0 Å². The van der Waals surface area contributed by atoms with Gasteiger partial charge in [0.2, 0.25) is 0 Å². The molecule has 0 saturated carbocycles. The molecule has 1 fully saturated rings. The third-order valence-corrected chi connectivity index (χ3v) is 6.29. The quantitative estimate of drug-likeness (QED) is 0.195. The van der Waals surface area contributed by atoms with Crippen molar-refractivity contribution in [1.29, 1.82) is 0 Å². The first kappa shape index (κ1) is 29.3. The molecule has 190 valence electrons. The highest BCUT2D eigenvalue weighted by Gasteiger charge is 2.44. The van der Waals surface area contributed by atoms with Gasteiger partial charge in [-0.05, 0) is 6.42 Å². The Labute approximate surface area is 194 Å². The highest BCUT2D eigenvalue weighted by atomic mass is 16.7. The Morgan fingerprint density at radius 1 is 0.719 bits per heavy atom. The lowest BCUT2D eigenvalue weighted by molar-refractivity contribution is -0.295. The first-order valence-corrected chi connectivity index (χ1v) is 12.9. The summed E-state index contributed by atoms with van der Waals surface area (Å²) >= 11 is 0. The van der Waals surface area contributed by atoms with E-state index in [9.17, 15) is 20.1 Å². The molecule has 7 nitrogen and oxygen atoms in total. The molecule has 0 spiro atoms. The number of esters is 1. The number of methoxy groups -OCH3 is 1. The summed E-state index contributed by atoms with van der Waals surface area (Å²) in [5.74, 6) is -0.343. The summed E-state index contributed by atoms with van der Waals surface area (Å²) in [7, 11) is 1.33. The van der Waals surface area contributed by atoms with Gasteiger partial charge in [0.1, 0.15) is 31.0 Å². The van der Waals surface area contributed by atoms with Crippen LogP contribution in [0.3, 0.4) is 0 Å². The van der Waals surface area contributed by atoms with Crippen LogP contribution in [0.25, 0.3) is 0 Å². The van der Waals surface area contributed by atoms with Crippen molar-refractivity contribution in [1.82, 2.24) is 0 Å². The first-order valence-electron chi connectivity index (χ1n) is 12.9. The van der Waals surface area contributed by atoms with E-state index >= 15 is 0 Å². The molecule has 1 rings (SSSR count). The predicted octanol–water partition coefficient (Wildman–Crippen LogP) is 4.25. The molecular formula is C25H48O7. The van der Waals surface area contributed by atoms with E-state index in [-0.39, 0.29) is 12.6 Å². The number of aliphatic hydroxyl groups is 3. The normalized spacial score (nSPS) is 25.7. The monoisotopic (exact) mass is 460 g/mol. The topological polar surface area (TPSA) is 105 Å². The Hall–Kier alpha value is -0.730. The SMILES string of the molecule is CCCCCCCCCCCCCCCCCC(=O)OCC1OC(OC)C(O)[C@@H](O)[C@@H]1O. The van der Waals surface area contributed by atoms with Gasteiger partial charge in [0, 0.05) is 13.5 Å². The van der Waals surface area contributed by atoms with Crippen molar-refractivity contribution >= 4 is 5.97 Å². The third kappa shape index (κ3) is 12.5. The molecule has 0 radical (unpaired) electrons. The summed E-state index contributed by atoms with van der Waals surface area (Å²) in [5.41, 5.74) is 0. The summed E-state index contributed by atoms with van der Waals surface area (Å²) in [6.45, 7) is 2.08. The van der Waals surface area contributed by atoms with E-state index in [1.807, 2.05) is 0 Å². The number of carbonyl (C=O) groups excluding carboxylic acids is 1. The molecule has 5 atom stereocenters. The molecule has 0 bridgehead atoms. The number of carbonyl (C=O) groups is 1. The minimum Gasteiger partial charge on any atom is -0.463 e. The maximum atomic E-state index is 11.9. The lowest BCUT2D eigenvalue weighted by Gasteiger charge is -2.39. The molecule has 0 aromatic heterocycles. The maximum absolute atomic E-state index is 11.9. The van der Waals surface area contributed by atoms with E-state index in [4.69, 9.17) is 14.2 Å². The zero-order chi connectivity index (χ0) is 23.6. The zero-order valence-corrected chi connectivity index (χ0v) is 20.4. The van der Waals surface area contributed by atoms with Gasteiger partial charge in [0.25, 0.3) is 0 Å². The lowest BCUT2D eigenvalue weighted by atomic mass is 9.99. The molecule has 3 N–H and O–H groups in total. The van der Waals surface area contributed by atoms with Crippen LogP contribution < -0.4 is 0 Å². The second-order valence-corrected chi connectivity index (χ2v) is 9.13. The van der Waals surface area contributed by atoms with E-state index < -0.39 is 30.7 Å². The van der Waals surface area contributed by atoms with Gasteiger partial charge in [0.05, 0.1) is 0 Å². The molecule has 3 unspecified atom stereocenters. The molecular weight excluding hydrogens is 412 g/mol. The minimum atomic E-state index is -1.41. The minimum absolute atomic E-state index is 0.178. The zero-order valence-electron chi connectivity index (χ0n) is 20.4. The van der Waals surface area contributed by atoms with E-state index in [2.05, 4.69) is 6.92 Å². The molecule has 1 aliphatic rings. The average molecular weight is 461 g/mol. The number of aliphatic hydroxyl groups excluding tert-OH is 3. The van der Waals surface area contributed by atoms with Gasteiger partial charge < -0.3 is 29.5 Å². The number of unbranched alkanes of at least 4 members (excludes halogenated alkanes) is 14. The molecule has 0 aromatic rings. The van der Waals surface area contributed by atoms with Crippen LogP contribution in [0.15, 0.2) is 0 Å². The van der Waals surface area contributed by atoms with Crippen molar-refractivity contribution in [2.45, 2.75) is 140 Å². The molecule has 0 aliphatic carbocycles. The van der Waals surface area contributed by atoms with Crippen molar-refractivity contribution in [3.63, 3.8) is 0 Å². The Kier molecular flexibility index (Phi) is 17.1. The Morgan fingerprint density at radius 2 is 1.19 bits per heavy atom. The van der Waals surface area contributed by atoms with Crippen molar-refractivity contribution in [2.75, 3.05) is 13.7 Å². The highest BCUT2D eigenvalue weighted by Crippen LogP contribution is 2.22. The van der Waals surface area contributed by atoms with E-state index in [0.717, 1.165) is 19.3 Å². The first-order chi connectivity index (χ1) is 15.5. The van der Waals surface area contributed by atoms with Crippen LogP contribution in [-0.2, 0) is 19.0 Å².